The molecule has 2 saturated carbocycles. The van der Waals surface area contributed by atoms with Gasteiger partial charge in [-0.25, -0.2) is 4.98 Å². The highest BCUT2D eigenvalue weighted by atomic mass is 16.5. The summed E-state index contributed by atoms with van der Waals surface area (Å²) in [6.07, 6.45) is 11.1. The van der Waals surface area contributed by atoms with Crippen molar-refractivity contribution in [2.45, 2.75) is 64.3 Å². The van der Waals surface area contributed by atoms with E-state index in [1.54, 1.807) is 14.2 Å². The summed E-state index contributed by atoms with van der Waals surface area (Å²) in [6.45, 7) is 5.26. The molecule has 34 heavy (non-hydrogen) atoms. The minimum Gasteiger partial charge on any atom is -0.493 e. The molecule has 2 aromatic rings. The minimum atomic E-state index is 0.402. The molecular weight excluding hydrogens is 426 g/mol. The first-order valence-corrected chi connectivity index (χ1v) is 13.2. The first-order valence-electron chi connectivity index (χ1n) is 13.2. The predicted octanol–water partition coefficient (Wildman–Crippen LogP) is 4.64. The number of methoxy groups -OCH3 is 2. The molecule has 3 aliphatic rings. The lowest BCUT2D eigenvalue weighted by atomic mass is 9.82. The SMILES string of the molecule is COc1cc2nc(N3CCNCC3CC3CCCC3CC3CCC(C)C3)nc(N)c2cc1OC. The number of aromatic nitrogens is 2. The van der Waals surface area contributed by atoms with E-state index in [0.717, 1.165) is 60.2 Å². The van der Waals surface area contributed by atoms with E-state index in [4.69, 9.17) is 25.2 Å². The second kappa shape index (κ2) is 10.1. The largest absolute Gasteiger partial charge is 0.493 e. The molecule has 2 aliphatic carbocycles. The predicted molar refractivity (Wildman–Crippen MR) is 138 cm³/mol. The smallest absolute Gasteiger partial charge is 0.228 e. The molecule has 3 fully saturated rings. The maximum absolute atomic E-state index is 6.42. The van der Waals surface area contributed by atoms with Crippen LogP contribution < -0.4 is 25.4 Å². The number of nitrogens with one attached hydrogen (secondary N) is 1. The van der Waals surface area contributed by atoms with Crippen LogP contribution in [0.3, 0.4) is 0 Å². The van der Waals surface area contributed by atoms with Crippen LogP contribution in [0.4, 0.5) is 11.8 Å². The zero-order valence-electron chi connectivity index (χ0n) is 21.1. The summed E-state index contributed by atoms with van der Waals surface area (Å²) >= 11 is 0. The van der Waals surface area contributed by atoms with Gasteiger partial charge in [-0.2, -0.15) is 4.98 Å². The molecule has 1 aliphatic heterocycles. The summed E-state index contributed by atoms with van der Waals surface area (Å²) in [5, 5.41) is 4.42. The van der Waals surface area contributed by atoms with Crippen LogP contribution in [0.2, 0.25) is 0 Å². The molecule has 1 aromatic carbocycles. The first-order chi connectivity index (χ1) is 16.6. The Morgan fingerprint density at radius 3 is 2.53 bits per heavy atom. The van der Waals surface area contributed by atoms with Crippen LogP contribution in [0.1, 0.15) is 58.3 Å². The second-order valence-corrected chi connectivity index (χ2v) is 10.9. The Kier molecular flexibility index (Phi) is 7.00. The molecule has 1 aromatic heterocycles. The number of benzene rings is 1. The zero-order chi connectivity index (χ0) is 23.7. The monoisotopic (exact) mass is 467 g/mol. The number of hydrogen-bond donors (Lipinski definition) is 2. The molecule has 3 N–H and O–H groups in total. The summed E-state index contributed by atoms with van der Waals surface area (Å²) < 4.78 is 10.9. The fourth-order valence-corrected chi connectivity index (χ4v) is 6.88. The molecule has 7 heteroatoms. The third kappa shape index (κ3) is 4.77. The molecule has 7 nitrogen and oxygen atoms in total. The normalized spacial score (nSPS) is 29.6. The number of ether oxygens (including phenoxy) is 2. The van der Waals surface area contributed by atoms with E-state index in [1.807, 2.05) is 12.1 Å². The number of nitrogens with zero attached hydrogens (tertiary/aromatic N) is 3. The van der Waals surface area contributed by atoms with E-state index >= 15 is 0 Å². The van der Waals surface area contributed by atoms with Crippen LogP contribution in [0.25, 0.3) is 10.9 Å². The van der Waals surface area contributed by atoms with E-state index in [1.165, 1.54) is 51.4 Å². The van der Waals surface area contributed by atoms with Gasteiger partial charge in [0.2, 0.25) is 5.95 Å². The third-order valence-corrected chi connectivity index (χ3v) is 8.66. The molecule has 5 atom stereocenters. The Labute approximate surface area is 203 Å². The van der Waals surface area contributed by atoms with E-state index in [0.29, 0.717) is 23.4 Å². The van der Waals surface area contributed by atoms with Crippen LogP contribution in [-0.2, 0) is 0 Å². The molecule has 0 radical (unpaired) electrons. The van der Waals surface area contributed by atoms with E-state index in [2.05, 4.69) is 17.1 Å². The van der Waals surface area contributed by atoms with Crippen LogP contribution >= 0.6 is 0 Å². The number of nitrogens with two attached hydrogens (primary N) is 1. The Morgan fingerprint density at radius 1 is 1.03 bits per heavy atom. The number of rotatable bonds is 7. The number of fused-ring (bicyclic) bond motifs is 1. The lowest BCUT2D eigenvalue weighted by molar-refractivity contribution is 0.264. The summed E-state index contributed by atoms with van der Waals surface area (Å²) in [6, 6.07) is 4.18. The van der Waals surface area contributed by atoms with Gasteiger partial charge in [-0.3, -0.25) is 0 Å². The summed E-state index contributed by atoms with van der Waals surface area (Å²) in [5.74, 6) is 6.11. The molecule has 5 unspecified atom stereocenters. The van der Waals surface area contributed by atoms with Crippen molar-refractivity contribution in [1.29, 1.82) is 0 Å². The Morgan fingerprint density at radius 2 is 1.79 bits per heavy atom. The second-order valence-electron chi connectivity index (χ2n) is 10.9. The van der Waals surface area contributed by atoms with E-state index in [9.17, 15) is 0 Å². The first kappa shape index (κ1) is 23.5. The average molecular weight is 468 g/mol. The number of anilines is 2. The van der Waals surface area contributed by atoms with Gasteiger partial charge in [-0.1, -0.05) is 39.0 Å². The Hall–Kier alpha value is -2.28. The van der Waals surface area contributed by atoms with Gasteiger partial charge in [0.15, 0.2) is 11.5 Å². The highest BCUT2D eigenvalue weighted by Gasteiger charge is 2.35. The summed E-state index contributed by atoms with van der Waals surface area (Å²) in [4.78, 5) is 12.1. The summed E-state index contributed by atoms with van der Waals surface area (Å²) in [5.41, 5.74) is 7.22. The number of nitrogen functional groups attached to an aromatic ring is 1. The molecule has 0 amide bonds. The topological polar surface area (TPSA) is 85.5 Å². The number of piperazine rings is 1. The highest BCUT2D eigenvalue weighted by Crippen LogP contribution is 2.44. The van der Waals surface area contributed by atoms with Crippen molar-refractivity contribution in [2.75, 3.05) is 44.5 Å². The molecule has 1 saturated heterocycles. The fourth-order valence-electron chi connectivity index (χ4n) is 6.88. The third-order valence-electron chi connectivity index (χ3n) is 8.66. The van der Waals surface area contributed by atoms with Gasteiger partial charge in [0.1, 0.15) is 5.82 Å². The average Bonchev–Trinajstić information content (AvgIpc) is 3.47. The fraction of sp³-hybridized carbons (Fsp3) is 0.704. The van der Waals surface area contributed by atoms with Crippen molar-refractivity contribution in [3.05, 3.63) is 12.1 Å². The quantitative estimate of drug-likeness (QED) is 0.613. The van der Waals surface area contributed by atoms with Crippen LogP contribution in [0, 0.1) is 23.7 Å². The lowest BCUT2D eigenvalue weighted by Crippen LogP contribution is -2.53. The van der Waals surface area contributed by atoms with Gasteiger partial charge in [-0.05, 0) is 49.0 Å². The minimum absolute atomic E-state index is 0.402. The number of hydrogen-bond acceptors (Lipinski definition) is 7. The van der Waals surface area contributed by atoms with Crippen LogP contribution in [0.15, 0.2) is 12.1 Å². The van der Waals surface area contributed by atoms with Crippen molar-refractivity contribution in [2.24, 2.45) is 23.7 Å². The maximum Gasteiger partial charge on any atom is 0.228 e. The van der Waals surface area contributed by atoms with E-state index < -0.39 is 0 Å². The molecule has 5 rings (SSSR count). The molecule has 0 bridgehead atoms. The van der Waals surface area contributed by atoms with Crippen molar-refractivity contribution in [3.8, 4) is 11.5 Å². The lowest BCUT2D eigenvalue weighted by Gasteiger charge is -2.39. The van der Waals surface area contributed by atoms with Gasteiger partial charge in [-0.15, -0.1) is 0 Å². The van der Waals surface area contributed by atoms with Gasteiger partial charge in [0, 0.05) is 37.1 Å². The summed E-state index contributed by atoms with van der Waals surface area (Å²) in [7, 11) is 3.27. The molecule has 0 spiro atoms. The van der Waals surface area contributed by atoms with E-state index in [-0.39, 0.29) is 0 Å². The Balaban J connectivity index is 1.36. The van der Waals surface area contributed by atoms with Crippen LogP contribution in [-0.4, -0.2) is 49.9 Å². The molecular formula is C27H41N5O2. The van der Waals surface area contributed by atoms with Crippen molar-refractivity contribution < 1.29 is 9.47 Å². The zero-order valence-corrected chi connectivity index (χ0v) is 21.1. The van der Waals surface area contributed by atoms with Crippen molar-refractivity contribution in [1.82, 2.24) is 15.3 Å². The van der Waals surface area contributed by atoms with Crippen molar-refractivity contribution in [3.63, 3.8) is 0 Å². The Bertz CT molecular complexity index is 999. The van der Waals surface area contributed by atoms with Crippen LogP contribution in [0.5, 0.6) is 11.5 Å². The molecule has 2 heterocycles. The van der Waals surface area contributed by atoms with Gasteiger partial charge in [0.25, 0.3) is 0 Å². The highest BCUT2D eigenvalue weighted by molar-refractivity contribution is 5.91. The van der Waals surface area contributed by atoms with Gasteiger partial charge >= 0.3 is 0 Å². The van der Waals surface area contributed by atoms with Crippen molar-refractivity contribution >= 4 is 22.7 Å². The van der Waals surface area contributed by atoms with Gasteiger partial charge in [0.05, 0.1) is 19.7 Å². The molecule has 186 valence electrons. The van der Waals surface area contributed by atoms with Gasteiger partial charge < -0.3 is 25.4 Å². The maximum atomic E-state index is 6.42. The standard InChI is InChI=1S/C27H41N5O2/c1-17-7-8-18(11-17)12-19-5-4-6-20(19)13-21-16-29-9-10-32(21)27-30-23-15-25(34-3)24(33-2)14-22(23)26(28)31-27/h14-15,17-21,29H,4-13,16H2,1-3H3,(H2,28,30,31).